The van der Waals surface area contributed by atoms with E-state index in [1.54, 1.807) is 6.07 Å². The van der Waals surface area contributed by atoms with Crippen LogP contribution in [0.3, 0.4) is 0 Å². The van der Waals surface area contributed by atoms with Crippen LogP contribution in [0, 0.1) is 11.7 Å². The highest BCUT2D eigenvalue weighted by Crippen LogP contribution is 2.25. The maximum absolute atomic E-state index is 13.2. The summed E-state index contributed by atoms with van der Waals surface area (Å²) in [6.07, 6.45) is 3.14. The lowest BCUT2D eigenvalue weighted by Gasteiger charge is -2.12. The summed E-state index contributed by atoms with van der Waals surface area (Å²) in [5.41, 5.74) is 0.325. The molecule has 2 unspecified atom stereocenters. The van der Waals surface area contributed by atoms with Crippen LogP contribution >= 0.6 is 11.6 Å². The molecule has 1 aliphatic carbocycles. The molecule has 4 heteroatoms. The van der Waals surface area contributed by atoms with E-state index in [0.29, 0.717) is 11.5 Å². The fourth-order valence-corrected chi connectivity index (χ4v) is 2.36. The molecule has 0 aromatic heterocycles. The first-order chi connectivity index (χ1) is 8.06. The number of carbonyl (C=O) groups excluding carboxylic acids is 1. The van der Waals surface area contributed by atoms with Gasteiger partial charge in [0, 0.05) is 11.6 Å². The number of halogens is 2. The molecule has 0 aliphatic heterocycles. The van der Waals surface area contributed by atoms with Crippen LogP contribution in [0.2, 0.25) is 5.02 Å². The van der Waals surface area contributed by atoms with Crippen molar-refractivity contribution in [2.24, 2.45) is 5.92 Å². The standard InChI is InChI=1S/C13H15ClFNO/c1-8-2-4-10(6-8)16-13(17)9-3-5-11(14)12(15)7-9/h3,5,7-8,10H,2,4,6H2,1H3,(H,16,17). The van der Waals surface area contributed by atoms with Gasteiger partial charge in [-0.15, -0.1) is 0 Å². The van der Waals surface area contributed by atoms with Gasteiger partial charge in [0.1, 0.15) is 5.82 Å². The minimum atomic E-state index is -0.556. The number of nitrogens with one attached hydrogen (secondary N) is 1. The molecule has 1 aromatic rings. The molecule has 0 radical (unpaired) electrons. The summed E-state index contributed by atoms with van der Waals surface area (Å²) in [6, 6.07) is 4.34. The molecule has 1 aromatic carbocycles. The predicted molar refractivity (Wildman–Crippen MR) is 65.7 cm³/mol. The fraction of sp³-hybridized carbons (Fsp3) is 0.462. The number of rotatable bonds is 2. The van der Waals surface area contributed by atoms with Crippen LogP contribution in [0.15, 0.2) is 18.2 Å². The smallest absolute Gasteiger partial charge is 0.251 e. The molecule has 1 amide bonds. The van der Waals surface area contributed by atoms with Crippen LogP contribution in [0.5, 0.6) is 0 Å². The Kier molecular flexibility index (Phi) is 3.67. The molecule has 0 spiro atoms. The predicted octanol–water partition coefficient (Wildman–Crippen LogP) is 3.40. The van der Waals surface area contributed by atoms with Gasteiger partial charge >= 0.3 is 0 Å². The van der Waals surface area contributed by atoms with Gasteiger partial charge in [-0.25, -0.2) is 4.39 Å². The summed E-state index contributed by atoms with van der Waals surface area (Å²) in [7, 11) is 0. The van der Waals surface area contributed by atoms with E-state index >= 15 is 0 Å². The zero-order chi connectivity index (χ0) is 12.4. The molecule has 0 bridgehead atoms. The van der Waals surface area contributed by atoms with E-state index in [0.717, 1.165) is 19.3 Å². The quantitative estimate of drug-likeness (QED) is 0.862. The topological polar surface area (TPSA) is 29.1 Å². The third-order valence-electron chi connectivity index (χ3n) is 3.21. The number of amides is 1. The second kappa shape index (κ2) is 5.05. The zero-order valence-corrected chi connectivity index (χ0v) is 10.4. The van der Waals surface area contributed by atoms with Crippen LogP contribution in [0.25, 0.3) is 0 Å². The van der Waals surface area contributed by atoms with Gasteiger partial charge in [0.05, 0.1) is 5.02 Å². The van der Waals surface area contributed by atoms with Crippen LogP contribution in [-0.2, 0) is 0 Å². The molecular formula is C13H15ClFNO. The van der Waals surface area contributed by atoms with E-state index in [4.69, 9.17) is 11.6 Å². The lowest BCUT2D eigenvalue weighted by molar-refractivity contribution is 0.0937. The van der Waals surface area contributed by atoms with Gasteiger partial charge in [-0.05, 0) is 43.4 Å². The Morgan fingerprint density at radius 3 is 2.82 bits per heavy atom. The SMILES string of the molecule is CC1CCC(NC(=O)c2ccc(Cl)c(F)c2)C1. The molecule has 0 heterocycles. The van der Waals surface area contributed by atoms with Crippen LogP contribution < -0.4 is 5.32 Å². The van der Waals surface area contributed by atoms with E-state index in [9.17, 15) is 9.18 Å². The number of benzene rings is 1. The third-order valence-corrected chi connectivity index (χ3v) is 3.52. The summed E-state index contributed by atoms with van der Waals surface area (Å²) in [6.45, 7) is 2.17. The van der Waals surface area contributed by atoms with E-state index in [2.05, 4.69) is 12.2 Å². The lowest BCUT2D eigenvalue weighted by Crippen LogP contribution is -2.32. The first kappa shape index (κ1) is 12.4. The number of hydrogen-bond donors (Lipinski definition) is 1. The first-order valence-electron chi connectivity index (χ1n) is 5.82. The van der Waals surface area contributed by atoms with Gasteiger partial charge in [0.15, 0.2) is 0 Å². The van der Waals surface area contributed by atoms with Crippen LogP contribution in [0.1, 0.15) is 36.5 Å². The number of hydrogen-bond acceptors (Lipinski definition) is 1. The normalized spacial score (nSPS) is 23.7. The summed E-state index contributed by atoms with van der Waals surface area (Å²) in [5.74, 6) is -0.124. The van der Waals surface area contributed by atoms with Gasteiger partial charge in [-0.2, -0.15) is 0 Å². The van der Waals surface area contributed by atoms with Gasteiger partial charge < -0.3 is 5.32 Å². The Morgan fingerprint density at radius 1 is 1.47 bits per heavy atom. The average Bonchev–Trinajstić information content (AvgIpc) is 2.68. The highest BCUT2D eigenvalue weighted by Gasteiger charge is 2.23. The molecule has 1 aliphatic rings. The van der Waals surface area contributed by atoms with Crippen molar-refractivity contribution in [2.75, 3.05) is 0 Å². The Bertz CT molecular complexity index is 435. The molecule has 2 nitrogen and oxygen atoms in total. The van der Waals surface area contributed by atoms with Crippen molar-refractivity contribution >= 4 is 17.5 Å². The molecular weight excluding hydrogens is 241 g/mol. The second-order valence-electron chi connectivity index (χ2n) is 4.72. The monoisotopic (exact) mass is 255 g/mol. The average molecular weight is 256 g/mol. The summed E-state index contributed by atoms with van der Waals surface area (Å²) in [5, 5.41) is 2.96. The van der Waals surface area contributed by atoms with E-state index in [1.165, 1.54) is 12.1 Å². The van der Waals surface area contributed by atoms with Crippen molar-refractivity contribution in [2.45, 2.75) is 32.2 Å². The van der Waals surface area contributed by atoms with Gasteiger partial charge in [0.2, 0.25) is 0 Å². The van der Waals surface area contributed by atoms with E-state index in [-0.39, 0.29) is 17.0 Å². The van der Waals surface area contributed by atoms with Crippen molar-refractivity contribution in [3.05, 3.63) is 34.6 Å². The Balaban J connectivity index is 2.02. The van der Waals surface area contributed by atoms with E-state index < -0.39 is 5.82 Å². The third kappa shape index (κ3) is 2.97. The minimum absolute atomic E-state index is 0.0380. The van der Waals surface area contributed by atoms with Gasteiger partial charge in [0.25, 0.3) is 5.91 Å². The Labute approximate surface area is 105 Å². The van der Waals surface area contributed by atoms with Crippen molar-refractivity contribution < 1.29 is 9.18 Å². The van der Waals surface area contributed by atoms with Gasteiger partial charge in [-0.3, -0.25) is 4.79 Å². The largest absolute Gasteiger partial charge is 0.349 e. The number of carbonyl (C=O) groups is 1. The molecule has 1 N–H and O–H groups in total. The molecule has 1 fully saturated rings. The zero-order valence-electron chi connectivity index (χ0n) is 9.67. The highest BCUT2D eigenvalue weighted by molar-refractivity contribution is 6.30. The molecule has 1 saturated carbocycles. The summed E-state index contributed by atoms with van der Waals surface area (Å²) in [4.78, 5) is 11.8. The molecule has 2 atom stereocenters. The summed E-state index contributed by atoms with van der Waals surface area (Å²) >= 11 is 5.57. The van der Waals surface area contributed by atoms with Crippen molar-refractivity contribution in [3.63, 3.8) is 0 Å². The molecule has 92 valence electrons. The van der Waals surface area contributed by atoms with Gasteiger partial charge in [-0.1, -0.05) is 18.5 Å². The maximum Gasteiger partial charge on any atom is 0.251 e. The van der Waals surface area contributed by atoms with E-state index in [1.807, 2.05) is 0 Å². The molecule has 17 heavy (non-hydrogen) atoms. The molecule has 0 saturated heterocycles. The van der Waals surface area contributed by atoms with Crippen molar-refractivity contribution in [1.82, 2.24) is 5.32 Å². The van der Waals surface area contributed by atoms with Crippen molar-refractivity contribution in [1.29, 1.82) is 0 Å². The maximum atomic E-state index is 13.2. The van der Waals surface area contributed by atoms with Crippen LogP contribution in [-0.4, -0.2) is 11.9 Å². The highest BCUT2D eigenvalue weighted by atomic mass is 35.5. The second-order valence-corrected chi connectivity index (χ2v) is 5.12. The Morgan fingerprint density at radius 2 is 2.24 bits per heavy atom. The minimum Gasteiger partial charge on any atom is -0.349 e. The summed E-state index contributed by atoms with van der Waals surface area (Å²) < 4.78 is 13.2. The first-order valence-corrected chi connectivity index (χ1v) is 6.20. The lowest BCUT2D eigenvalue weighted by atomic mass is 10.1. The van der Waals surface area contributed by atoms with Crippen molar-refractivity contribution in [3.8, 4) is 0 Å². The van der Waals surface area contributed by atoms with Crippen LogP contribution in [0.4, 0.5) is 4.39 Å². The molecule has 2 rings (SSSR count). The Hall–Kier alpha value is -1.09. The fourth-order valence-electron chi connectivity index (χ4n) is 2.24.